The van der Waals surface area contributed by atoms with E-state index in [2.05, 4.69) is 39.6 Å². The molecule has 2 radical (unpaired) electrons. The monoisotopic (exact) mass is 290 g/mol. The van der Waals surface area contributed by atoms with Gasteiger partial charge in [0, 0.05) is 0 Å². The van der Waals surface area contributed by atoms with Crippen LogP contribution in [0.5, 0.6) is 0 Å². The largest absolute Gasteiger partial charge is 0.395 e. The predicted octanol–water partition coefficient (Wildman–Crippen LogP) is 3.72. The first-order chi connectivity index (χ1) is 7.92. The van der Waals surface area contributed by atoms with Gasteiger partial charge in [-0.15, -0.1) is 0 Å². The van der Waals surface area contributed by atoms with Gasteiger partial charge in [0.25, 0.3) is 0 Å². The van der Waals surface area contributed by atoms with Crippen LogP contribution in [0.2, 0.25) is 0 Å². The highest BCUT2D eigenvalue weighted by Crippen LogP contribution is 2.25. The van der Waals surface area contributed by atoms with Crippen LogP contribution in [0.25, 0.3) is 0 Å². The summed E-state index contributed by atoms with van der Waals surface area (Å²) in [4.78, 5) is 0. The Balaban J connectivity index is 2.31. The lowest BCUT2D eigenvalue weighted by Gasteiger charge is -2.17. The van der Waals surface area contributed by atoms with Crippen molar-refractivity contribution in [3.63, 3.8) is 0 Å². The van der Waals surface area contributed by atoms with E-state index in [0.717, 1.165) is 0 Å². The maximum atomic E-state index is 5.76. The van der Waals surface area contributed by atoms with Crippen LogP contribution < -0.4 is 0 Å². The molecule has 0 aliphatic carbocycles. The standard InChI is InChI=1S/C13H11BrOSi/c14-16-15-13(11-7-3-1-4-8-11)12-9-5-2-6-10-12/h1-10,13H. The average molecular weight is 291 g/mol. The van der Waals surface area contributed by atoms with Gasteiger partial charge in [0.05, 0.1) is 6.10 Å². The minimum absolute atomic E-state index is 0.0140. The minimum atomic E-state index is 0.0140. The van der Waals surface area contributed by atoms with Gasteiger partial charge in [0.2, 0.25) is 0 Å². The fraction of sp³-hybridized carbons (Fsp3) is 0.0769. The van der Waals surface area contributed by atoms with E-state index < -0.39 is 0 Å². The van der Waals surface area contributed by atoms with Crippen molar-refractivity contribution in [2.24, 2.45) is 0 Å². The molecule has 0 saturated heterocycles. The van der Waals surface area contributed by atoms with Gasteiger partial charge in [-0.3, -0.25) is 0 Å². The highest BCUT2D eigenvalue weighted by Gasteiger charge is 2.13. The van der Waals surface area contributed by atoms with E-state index in [-0.39, 0.29) is 6.10 Å². The summed E-state index contributed by atoms with van der Waals surface area (Å²) >= 11 is 3.35. The van der Waals surface area contributed by atoms with Crippen LogP contribution in [0.1, 0.15) is 17.2 Å². The van der Waals surface area contributed by atoms with Crippen molar-refractivity contribution in [2.75, 3.05) is 0 Å². The van der Waals surface area contributed by atoms with Gasteiger partial charge in [-0.1, -0.05) is 76.0 Å². The summed E-state index contributed by atoms with van der Waals surface area (Å²) in [5.74, 6) is 0. The van der Waals surface area contributed by atoms with Crippen LogP contribution in [-0.4, -0.2) is 8.38 Å². The molecule has 0 aliphatic rings. The summed E-state index contributed by atoms with van der Waals surface area (Å²) in [7, 11) is 0.302. The fourth-order valence-corrected chi connectivity index (χ4v) is 2.55. The zero-order chi connectivity index (χ0) is 11.2. The molecule has 0 N–H and O–H groups in total. The van der Waals surface area contributed by atoms with Crippen LogP contribution in [0.3, 0.4) is 0 Å². The Morgan fingerprint density at radius 1 is 0.812 bits per heavy atom. The summed E-state index contributed by atoms with van der Waals surface area (Å²) in [6.07, 6.45) is 0.0140. The third kappa shape index (κ3) is 2.81. The Morgan fingerprint density at radius 2 is 1.25 bits per heavy atom. The third-order valence-corrected chi connectivity index (χ3v) is 3.25. The molecule has 2 rings (SSSR count). The van der Waals surface area contributed by atoms with Gasteiger partial charge in [-0.25, -0.2) is 0 Å². The van der Waals surface area contributed by atoms with Gasteiger partial charge in [-0.2, -0.15) is 0 Å². The summed E-state index contributed by atoms with van der Waals surface area (Å²) in [5.41, 5.74) is 2.36. The molecule has 0 atom stereocenters. The number of benzene rings is 2. The average Bonchev–Trinajstić information content (AvgIpc) is 2.38. The number of halogens is 1. The third-order valence-electron chi connectivity index (χ3n) is 2.37. The second-order valence-corrected chi connectivity index (χ2v) is 4.76. The molecule has 0 unspecified atom stereocenters. The summed E-state index contributed by atoms with van der Waals surface area (Å²) in [6, 6.07) is 20.5. The maximum Gasteiger partial charge on any atom is 0.322 e. The number of rotatable bonds is 4. The zero-order valence-corrected chi connectivity index (χ0v) is 11.2. The van der Waals surface area contributed by atoms with Gasteiger partial charge < -0.3 is 4.43 Å². The van der Waals surface area contributed by atoms with E-state index in [1.165, 1.54) is 11.1 Å². The zero-order valence-electron chi connectivity index (χ0n) is 8.64. The summed E-state index contributed by atoms with van der Waals surface area (Å²) < 4.78 is 5.76. The second-order valence-electron chi connectivity index (χ2n) is 3.40. The Kier molecular flexibility index (Phi) is 4.33. The molecule has 3 heteroatoms. The summed E-state index contributed by atoms with van der Waals surface area (Å²) in [6.45, 7) is 0. The Hall–Kier alpha value is -0.903. The Labute approximate surface area is 106 Å². The highest BCUT2D eigenvalue weighted by atomic mass is 79.9. The first-order valence-corrected chi connectivity index (χ1v) is 8.19. The molecule has 0 aromatic heterocycles. The number of hydrogen-bond donors (Lipinski definition) is 0. The van der Waals surface area contributed by atoms with Crippen LogP contribution in [0, 0.1) is 0 Å². The van der Waals surface area contributed by atoms with Crippen molar-refractivity contribution in [1.82, 2.24) is 0 Å². The molecule has 2 aromatic rings. The van der Waals surface area contributed by atoms with Crippen LogP contribution in [-0.2, 0) is 4.43 Å². The van der Waals surface area contributed by atoms with Crippen molar-refractivity contribution in [1.29, 1.82) is 0 Å². The molecular formula is C13H11BrOSi. The molecule has 0 heterocycles. The van der Waals surface area contributed by atoms with E-state index >= 15 is 0 Å². The molecule has 0 fully saturated rings. The van der Waals surface area contributed by atoms with Crippen molar-refractivity contribution in [3.05, 3.63) is 71.8 Å². The van der Waals surface area contributed by atoms with Crippen LogP contribution in [0.4, 0.5) is 0 Å². The highest BCUT2D eigenvalue weighted by molar-refractivity contribution is 9.23. The quantitative estimate of drug-likeness (QED) is 0.616. The molecule has 2 aromatic carbocycles. The lowest BCUT2D eigenvalue weighted by Crippen LogP contribution is -2.06. The Morgan fingerprint density at radius 3 is 1.62 bits per heavy atom. The van der Waals surface area contributed by atoms with E-state index in [0.29, 0.717) is 8.38 Å². The Bertz CT molecular complexity index is 379. The van der Waals surface area contributed by atoms with E-state index in [1.807, 2.05) is 36.4 Å². The summed E-state index contributed by atoms with van der Waals surface area (Å²) in [5, 5.41) is 0. The minimum Gasteiger partial charge on any atom is -0.395 e. The molecule has 1 nitrogen and oxygen atoms in total. The normalized spacial score (nSPS) is 10.6. The van der Waals surface area contributed by atoms with E-state index in [1.54, 1.807) is 0 Å². The van der Waals surface area contributed by atoms with Gasteiger partial charge in [0.1, 0.15) is 0 Å². The molecule has 0 saturated carbocycles. The van der Waals surface area contributed by atoms with Gasteiger partial charge in [0.15, 0.2) is 0 Å². The fourth-order valence-electron chi connectivity index (χ4n) is 1.63. The maximum absolute atomic E-state index is 5.76. The SMILES string of the molecule is Br[Si]OC(c1ccccc1)c1ccccc1. The predicted molar refractivity (Wildman–Crippen MR) is 70.5 cm³/mol. The van der Waals surface area contributed by atoms with Crippen molar-refractivity contribution < 1.29 is 4.43 Å². The van der Waals surface area contributed by atoms with Crippen molar-refractivity contribution in [2.45, 2.75) is 6.10 Å². The molecule has 80 valence electrons. The number of hydrogen-bond acceptors (Lipinski definition) is 1. The lowest BCUT2D eigenvalue weighted by molar-refractivity contribution is 0.270. The van der Waals surface area contributed by atoms with Gasteiger partial charge >= 0.3 is 8.38 Å². The van der Waals surface area contributed by atoms with Crippen molar-refractivity contribution >= 4 is 23.7 Å². The smallest absolute Gasteiger partial charge is 0.322 e. The van der Waals surface area contributed by atoms with E-state index in [4.69, 9.17) is 4.43 Å². The second kappa shape index (κ2) is 5.99. The molecule has 0 bridgehead atoms. The first-order valence-electron chi connectivity index (χ1n) is 5.03. The topological polar surface area (TPSA) is 9.23 Å². The molecule has 0 aliphatic heterocycles. The molecule has 16 heavy (non-hydrogen) atoms. The van der Waals surface area contributed by atoms with Crippen LogP contribution >= 0.6 is 15.3 Å². The van der Waals surface area contributed by atoms with E-state index in [9.17, 15) is 0 Å². The molecular weight excluding hydrogens is 280 g/mol. The first kappa shape index (κ1) is 11.6. The molecule has 0 amide bonds. The van der Waals surface area contributed by atoms with Gasteiger partial charge in [-0.05, 0) is 11.1 Å². The molecule has 0 spiro atoms. The van der Waals surface area contributed by atoms with Crippen LogP contribution in [0.15, 0.2) is 60.7 Å². The van der Waals surface area contributed by atoms with Crippen molar-refractivity contribution in [3.8, 4) is 0 Å². The lowest BCUT2D eigenvalue weighted by atomic mass is 10.0.